The van der Waals surface area contributed by atoms with Crippen LogP contribution in [0.1, 0.15) is 34.2 Å². The quantitative estimate of drug-likeness (QED) is 0.361. The van der Waals surface area contributed by atoms with Crippen LogP contribution in [0.25, 0.3) is 0 Å². The highest BCUT2D eigenvalue weighted by Crippen LogP contribution is 2.29. The molecule has 0 amide bonds. The van der Waals surface area contributed by atoms with E-state index in [2.05, 4.69) is 33.8 Å². The fourth-order valence-corrected chi connectivity index (χ4v) is 3.73. The zero-order valence-corrected chi connectivity index (χ0v) is 18.7. The van der Waals surface area contributed by atoms with Crippen LogP contribution in [0.15, 0.2) is 85.2 Å². The zero-order chi connectivity index (χ0) is 22.3. The van der Waals surface area contributed by atoms with Crippen LogP contribution in [0, 0.1) is 0 Å². The minimum Gasteiger partial charge on any atom is -0.497 e. The molecular weight excluding hydrogens is 400 g/mol. The van der Waals surface area contributed by atoms with Crippen molar-refractivity contribution in [1.29, 1.82) is 0 Å². The molecule has 164 valence electrons. The van der Waals surface area contributed by atoms with Crippen molar-refractivity contribution in [3.05, 3.63) is 113 Å². The fourth-order valence-electron chi connectivity index (χ4n) is 3.73. The summed E-state index contributed by atoms with van der Waals surface area (Å²) >= 11 is 0. The van der Waals surface area contributed by atoms with Crippen molar-refractivity contribution in [2.45, 2.75) is 19.1 Å². The van der Waals surface area contributed by atoms with Gasteiger partial charge < -0.3 is 18.8 Å². The standard InChI is InChI=1S/C27H28N2O3/c1-29-19-28-26(27(31-3)22-11-15-23(30-2)16-12-22)25(29)17-20-9-13-24(14-10-20)32-18-21-7-5-4-6-8-21/h4-16,19,27H,17-18H2,1-3H3. The second-order valence-electron chi connectivity index (χ2n) is 7.67. The van der Waals surface area contributed by atoms with Gasteiger partial charge >= 0.3 is 0 Å². The van der Waals surface area contributed by atoms with Gasteiger partial charge in [0.25, 0.3) is 0 Å². The lowest BCUT2D eigenvalue weighted by atomic mass is 10.0. The maximum absolute atomic E-state index is 5.91. The predicted octanol–water partition coefficient (Wildman–Crippen LogP) is 5.33. The van der Waals surface area contributed by atoms with E-state index in [1.807, 2.05) is 68.0 Å². The lowest BCUT2D eigenvalue weighted by Gasteiger charge is -2.17. The first-order valence-corrected chi connectivity index (χ1v) is 10.6. The van der Waals surface area contributed by atoms with Crippen LogP contribution in [0.2, 0.25) is 0 Å². The number of hydrogen-bond acceptors (Lipinski definition) is 4. The highest BCUT2D eigenvalue weighted by atomic mass is 16.5. The molecule has 0 bridgehead atoms. The number of hydrogen-bond donors (Lipinski definition) is 0. The normalized spacial score (nSPS) is 11.8. The third-order valence-corrected chi connectivity index (χ3v) is 5.54. The van der Waals surface area contributed by atoms with Gasteiger partial charge in [-0.15, -0.1) is 0 Å². The van der Waals surface area contributed by atoms with E-state index in [9.17, 15) is 0 Å². The Labute approximate surface area is 189 Å². The Bertz CT molecular complexity index is 1120. The van der Waals surface area contributed by atoms with Crippen molar-refractivity contribution in [3.8, 4) is 11.5 Å². The summed E-state index contributed by atoms with van der Waals surface area (Å²) < 4.78 is 19.1. The van der Waals surface area contributed by atoms with Gasteiger partial charge in [0, 0.05) is 26.3 Å². The molecule has 1 unspecified atom stereocenters. The largest absolute Gasteiger partial charge is 0.497 e. The molecular formula is C27H28N2O3. The van der Waals surface area contributed by atoms with Gasteiger partial charge in [0.2, 0.25) is 0 Å². The first-order valence-electron chi connectivity index (χ1n) is 10.6. The summed E-state index contributed by atoms with van der Waals surface area (Å²) in [7, 11) is 5.40. The van der Waals surface area contributed by atoms with Crippen LogP contribution in [0.4, 0.5) is 0 Å². The Hall–Kier alpha value is -3.57. The van der Waals surface area contributed by atoms with E-state index in [1.54, 1.807) is 14.2 Å². The van der Waals surface area contributed by atoms with Crippen molar-refractivity contribution >= 4 is 0 Å². The Morgan fingerprint density at radius 2 is 1.50 bits per heavy atom. The molecule has 1 aromatic heterocycles. The molecule has 3 aromatic carbocycles. The van der Waals surface area contributed by atoms with E-state index in [1.165, 1.54) is 5.56 Å². The van der Waals surface area contributed by atoms with E-state index < -0.39 is 0 Å². The molecule has 4 rings (SSSR count). The van der Waals surface area contributed by atoms with Gasteiger partial charge in [-0.25, -0.2) is 4.98 Å². The highest BCUT2D eigenvalue weighted by molar-refractivity contribution is 5.36. The number of benzene rings is 3. The van der Waals surface area contributed by atoms with E-state index in [0.29, 0.717) is 6.61 Å². The van der Waals surface area contributed by atoms with Crippen molar-refractivity contribution in [3.63, 3.8) is 0 Å². The number of aryl methyl sites for hydroxylation is 1. The van der Waals surface area contributed by atoms with Crippen molar-refractivity contribution < 1.29 is 14.2 Å². The van der Waals surface area contributed by atoms with Gasteiger partial charge in [-0.2, -0.15) is 0 Å². The molecule has 0 spiro atoms. The Balaban J connectivity index is 1.49. The predicted molar refractivity (Wildman–Crippen MR) is 125 cm³/mol. The summed E-state index contributed by atoms with van der Waals surface area (Å²) in [6.07, 6.45) is 2.35. The maximum atomic E-state index is 5.91. The molecule has 0 fully saturated rings. The van der Waals surface area contributed by atoms with Crippen molar-refractivity contribution in [2.24, 2.45) is 7.05 Å². The van der Waals surface area contributed by atoms with E-state index >= 15 is 0 Å². The van der Waals surface area contributed by atoms with Crippen molar-refractivity contribution in [2.75, 3.05) is 14.2 Å². The lowest BCUT2D eigenvalue weighted by Crippen LogP contribution is -2.09. The van der Waals surface area contributed by atoms with Crippen LogP contribution in [-0.4, -0.2) is 23.8 Å². The smallest absolute Gasteiger partial charge is 0.126 e. The molecule has 0 radical (unpaired) electrons. The van der Waals surface area contributed by atoms with E-state index in [4.69, 9.17) is 14.2 Å². The number of methoxy groups -OCH3 is 2. The maximum Gasteiger partial charge on any atom is 0.126 e. The van der Waals surface area contributed by atoms with Crippen LogP contribution in [0.3, 0.4) is 0 Å². The summed E-state index contributed by atoms with van der Waals surface area (Å²) in [6.45, 7) is 0.559. The van der Waals surface area contributed by atoms with Gasteiger partial charge in [-0.1, -0.05) is 54.6 Å². The average Bonchev–Trinajstić information content (AvgIpc) is 3.20. The monoisotopic (exact) mass is 428 g/mol. The van der Waals surface area contributed by atoms with Gasteiger partial charge in [-0.05, 0) is 41.0 Å². The average molecular weight is 429 g/mol. The van der Waals surface area contributed by atoms with Crippen LogP contribution in [0.5, 0.6) is 11.5 Å². The van der Waals surface area contributed by atoms with Crippen LogP contribution >= 0.6 is 0 Å². The van der Waals surface area contributed by atoms with E-state index in [0.717, 1.165) is 40.4 Å². The lowest BCUT2D eigenvalue weighted by molar-refractivity contribution is 0.132. The summed E-state index contributed by atoms with van der Waals surface area (Å²) in [5.41, 5.74) is 5.42. The molecule has 1 heterocycles. The fraction of sp³-hybridized carbons (Fsp3) is 0.222. The number of aromatic nitrogens is 2. The first kappa shape index (κ1) is 21.7. The molecule has 0 aliphatic carbocycles. The summed E-state index contributed by atoms with van der Waals surface area (Å²) in [5.74, 6) is 1.68. The van der Waals surface area contributed by atoms with Crippen LogP contribution < -0.4 is 9.47 Å². The third-order valence-electron chi connectivity index (χ3n) is 5.54. The summed E-state index contributed by atoms with van der Waals surface area (Å²) in [6, 6.07) is 26.3. The van der Waals surface area contributed by atoms with Gasteiger partial charge in [0.05, 0.1) is 19.1 Å². The number of imidazole rings is 1. The summed E-state index contributed by atoms with van der Waals surface area (Å²) in [5, 5.41) is 0. The molecule has 0 saturated heterocycles. The molecule has 32 heavy (non-hydrogen) atoms. The third kappa shape index (κ3) is 5.01. The molecule has 0 N–H and O–H groups in total. The zero-order valence-electron chi connectivity index (χ0n) is 18.7. The Kier molecular flexibility index (Phi) is 6.87. The molecule has 0 aliphatic rings. The van der Waals surface area contributed by atoms with Gasteiger partial charge in [0.1, 0.15) is 24.2 Å². The first-order chi connectivity index (χ1) is 15.7. The number of ether oxygens (including phenoxy) is 3. The molecule has 1 atom stereocenters. The highest BCUT2D eigenvalue weighted by Gasteiger charge is 2.21. The van der Waals surface area contributed by atoms with Crippen LogP contribution in [-0.2, 0) is 24.8 Å². The SMILES string of the molecule is COc1ccc(C(OC)c2ncn(C)c2Cc2ccc(OCc3ccccc3)cc2)cc1. The Morgan fingerprint density at radius 1 is 0.812 bits per heavy atom. The molecule has 4 aromatic rings. The summed E-state index contributed by atoms with van der Waals surface area (Å²) in [4.78, 5) is 4.66. The second-order valence-corrected chi connectivity index (χ2v) is 7.67. The molecule has 0 saturated carbocycles. The molecule has 5 nitrogen and oxygen atoms in total. The topological polar surface area (TPSA) is 45.5 Å². The molecule has 5 heteroatoms. The minimum absolute atomic E-state index is 0.245. The van der Waals surface area contributed by atoms with Crippen molar-refractivity contribution in [1.82, 2.24) is 9.55 Å². The Morgan fingerprint density at radius 3 is 2.16 bits per heavy atom. The minimum atomic E-state index is -0.245. The number of nitrogens with zero attached hydrogens (tertiary/aromatic N) is 2. The van der Waals surface area contributed by atoms with Gasteiger partial charge in [0.15, 0.2) is 0 Å². The van der Waals surface area contributed by atoms with E-state index in [-0.39, 0.29) is 6.10 Å². The van der Waals surface area contributed by atoms with Gasteiger partial charge in [-0.3, -0.25) is 0 Å². The number of rotatable bonds is 9. The molecule has 0 aliphatic heterocycles. The second kappa shape index (κ2) is 10.2.